The lowest BCUT2D eigenvalue weighted by molar-refractivity contribution is 0.428. The highest BCUT2D eigenvalue weighted by atomic mass is 35.5. The molecule has 0 saturated heterocycles. The lowest BCUT2D eigenvalue weighted by atomic mass is 10.3. The molecule has 2 aromatic carbocycles. The van der Waals surface area contributed by atoms with E-state index in [0.717, 1.165) is 37.7 Å². The van der Waals surface area contributed by atoms with Crippen molar-refractivity contribution in [3.63, 3.8) is 0 Å². The molecule has 136 valence electrons. The second-order valence-electron chi connectivity index (χ2n) is 5.59. The van der Waals surface area contributed by atoms with Gasteiger partial charge in [-0.15, -0.1) is 0 Å². The number of nitrogens with zero attached hydrogens (tertiary/aromatic N) is 2. The predicted octanol–water partition coefficient (Wildman–Crippen LogP) is 5.75. The molecule has 2 aromatic rings. The van der Waals surface area contributed by atoms with Crippen LogP contribution >= 0.6 is 19.8 Å². The summed E-state index contributed by atoms with van der Waals surface area (Å²) in [6, 6.07) is 15.9. The van der Waals surface area contributed by atoms with Gasteiger partial charge in [-0.3, -0.25) is 9.34 Å². The van der Waals surface area contributed by atoms with Crippen LogP contribution in [-0.4, -0.2) is 35.5 Å². The number of benzene rings is 2. The third-order valence-electron chi connectivity index (χ3n) is 4.12. The zero-order chi connectivity index (χ0) is 18.2. The fourth-order valence-electron chi connectivity index (χ4n) is 2.80. The lowest BCUT2D eigenvalue weighted by Crippen LogP contribution is -2.34. The Morgan fingerprint density at radius 3 is 1.84 bits per heavy atom. The molecular weight excluding hydrogens is 351 g/mol. The minimum Gasteiger partial charge on any atom is -0.457 e. The summed E-state index contributed by atoms with van der Waals surface area (Å²) in [5.74, 6) is 1.74. The molecule has 5 heteroatoms. The first kappa shape index (κ1) is 20.2. The smallest absolute Gasteiger partial charge is 0.137 e. The van der Waals surface area contributed by atoms with E-state index in [2.05, 4.69) is 55.2 Å². The maximum Gasteiger partial charge on any atom is 0.137 e. The Bertz CT molecular complexity index is 630. The van der Waals surface area contributed by atoms with Crippen LogP contribution in [0.3, 0.4) is 0 Å². The van der Waals surface area contributed by atoms with Crippen molar-refractivity contribution >= 4 is 25.1 Å². The molecule has 0 N–H and O–H groups in total. The quantitative estimate of drug-likeness (QED) is 0.516. The standard InChI is InChI=1S/C20H28ClN2OP/c1-5-22(6-2)25(23(7-3)8-4)20-12-10-9-11-19(20)24-18-15-13-17(21)14-16-18/h9-16H,5-8H2,1-4H3. The zero-order valence-electron chi connectivity index (χ0n) is 15.6. The largest absolute Gasteiger partial charge is 0.457 e. The molecule has 0 aromatic heterocycles. The van der Waals surface area contributed by atoms with Gasteiger partial charge in [-0.1, -0.05) is 51.4 Å². The van der Waals surface area contributed by atoms with Gasteiger partial charge in [-0.2, -0.15) is 0 Å². The molecule has 0 heterocycles. The van der Waals surface area contributed by atoms with Crippen molar-refractivity contribution in [3.05, 3.63) is 53.6 Å². The van der Waals surface area contributed by atoms with E-state index in [4.69, 9.17) is 16.3 Å². The Hall–Kier alpha value is -1.12. The van der Waals surface area contributed by atoms with Crippen molar-refractivity contribution in [2.24, 2.45) is 0 Å². The van der Waals surface area contributed by atoms with Crippen LogP contribution in [0.5, 0.6) is 11.5 Å². The molecule has 0 bridgehead atoms. The highest BCUT2D eigenvalue weighted by Crippen LogP contribution is 2.45. The molecule has 0 amide bonds. The van der Waals surface area contributed by atoms with Crippen LogP contribution in [0.25, 0.3) is 0 Å². The van der Waals surface area contributed by atoms with Crippen LogP contribution in [-0.2, 0) is 0 Å². The highest BCUT2D eigenvalue weighted by Gasteiger charge is 2.26. The van der Waals surface area contributed by atoms with E-state index in [1.54, 1.807) is 0 Å². The summed E-state index contributed by atoms with van der Waals surface area (Å²) in [6.07, 6.45) is 0. The molecule has 0 radical (unpaired) electrons. The average Bonchev–Trinajstić information content (AvgIpc) is 2.65. The summed E-state index contributed by atoms with van der Waals surface area (Å²) in [4.78, 5) is 0. The van der Waals surface area contributed by atoms with Crippen molar-refractivity contribution in [1.82, 2.24) is 9.34 Å². The molecule has 0 spiro atoms. The first-order chi connectivity index (χ1) is 12.1. The zero-order valence-corrected chi connectivity index (χ0v) is 17.2. The van der Waals surface area contributed by atoms with Crippen molar-refractivity contribution in [2.45, 2.75) is 27.7 Å². The van der Waals surface area contributed by atoms with E-state index in [1.165, 1.54) is 5.30 Å². The summed E-state index contributed by atoms with van der Waals surface area (Å²) in [6.45, 7) is 13.0. The van der Waals surface area contributed by atoms with Crippen LogP contribution in [0.2, 0.25) is 5.02 Å². The number of hydrogen-bond acceptors (Lipinski definition) is 3. The summed E-state index contributed by atoms with van der Waals surface area (Å²) >= 11 is 5.99. The molecule has 0 aliphatic heterocycles. The van der Waals surface area contributed by atoms with Crippen LogP contribution in [0.15, 0.2) is 48.5 Å². The van der Waals surface area contributed by atoms with Gasteiger partial charge in [0.05, 0.1) is 8.22 Å². The van der Waals surface area contributed by atoms with Gasteiger partial charge < -0.3 is 4.74 Å². The molecule has 0 fully saturated rings. The highest BCUT2D eigenvalue weighted by molar-refractivity contribution is 7.61. The van der Waals surface area contributed by atoms with Crippen LogP contribution in [0, 0.1) is 0 Å². The van der Waals surface area contributed by atoms with Gasteiger partial charge in [-0.25, -0.2) is 0 Å². The molecule has 0 saturated carbocycles. The Morgan fingerprint density at radius 2 is 1.32 bits per heavy atom. The third-order valence-corrected chi connectivity index (χ3v) is 7.37. The minimum atomic E-state index is -0.591. The Kier molecular flexibility index (Phi) is 8.18. The van der Waals surface area contributed by atoms with Gasteiger partial charge >= 0.3 is 0 Å². The normalized spacial score (nSPS) is 11.5. The predicted molar refractivity (Wildman–Crippen MR) is 110 cm³/mol. The number of hydrogen-bond donors (Lipinski definition) is 0. The monoisotopic (exact) mass is 378 g/mol. The molecule has 0 aliphatic carbocycles. The van der Waals surface area contributed by atoms with Gasteiger partial charge in [0.2, 0.25) is 0 Å². The van der Waals surface area contributed by atoms with Crippen LogP contribution in [0.4, 0.5) is 0 Å². The number of rotatable bonds is 9. The van der Waals surface area contributed by atoms with Crippen molar-refractivity contribution < 1.29 is 4.74 Å². The van der Waals surface area contributed by atoms with Gasteiger partial charge in [0.25, 0.3) is 0 Å². The van der Waals surface area contributed by atoms with E-state index in [0.29, 0.717) is 5.02 Å². The number of para-hydroxylation sites is 1. The van der Waals surface area contributed by atoms with Gasteiger partial charge in [0, 0.05) is 36.5 Å². The van der Waals surface area contributed by atoms with E-state index in [9.17, 15) is 0 Å². The summed E-state index contributed by atoms with van der Waals surface area (Å²) in [7, 11) is -0.591. The Morgan fingerprint density at radius 1 is 0.800 bits per heavy atom. The molecule has 3 nitrogen and oxygen atoms in total. The number of halogens is 1. The van der Waals surface area contributed by atoms with Crippen molar-refractivity contribution in [2.75, 3.05) is 26.2 Å². The maximum atomic E-state index is 6.23. The molecule has 0 atom stereocenters. The number of ether oxygens (including phenoxy) is 1. The third kappa shape index (κ3) is 5.18. The second kappa shape index (κ2) is 10.1. The van der Waals surface area contributed by atoms with E-state index in [-0.39, 0.29) is 0 Å². The summed E-state index contributed by atoms with van der Waals surface area (Å²) in [5.41, 5.74) is 0. The fraction of sp³-hybridized carbons (Fsp3) is 0.400. The van der Waals surface area contributed by atoms with E-state index < -0.39 is 8.22 Å². The van der Waals surface area contributed by atoms with Gasteiger partial charge in [-0.05, 0) is 36.4 Å². The van der Waals surface area contributed by atoms with Crippen LogP contribution in [0.1, 0.15) is 27.7 Å². The molecule has 2 rings (SSSR count). The second-order valence-corrected chi connectivity index (χ2v) is 8.22. The first-order valence-electron chi connectivity index (χ1n) is 8.96. The molecule has 25 heavy (non-hydrogen) atoms. The Balaban J connectivity index is 2.41. The summed E-state index contributed by atoms with van der Waals surface area (Å²) in [5, 5.41) is 1.98. The van der Waals surface area contributed by atoms with Crippen molar-refractivity contribution in [1.29, 1.82) is 0 Å². The van der Waals surface area contributed by atoms with Crippen LogP contribution < -0.4 is 10.0 Å². The fourth-order valence-corrected chi connectivity index (χ4v) is 5.51. The molecule has 0 aliphatic rings. The lowest BCUT2D eigenvalue weighted by Gasteiger charge is -2.38. The Labute approximate surface area is 158 Å². The topological polar surface area (TPSA) is 15.7 Å². The SMILES string of the molecule is CCN(CC)P(c1ccccc1Oc1ccc(Cl)cc1)N(CC)CC. The van der Waals surface area contributed by atoms with Crippen molar-refractivity contribution in [3.8, 4) is 11.5 Å². The summed E-state index contributed by atoms with van der Waals surface area (Å²) < 4.78 is 11.3. The van der Waals surface area contributed by atoms with Gasteiger partial charge in [0.15, 0.2) is 0 Å². The van der Waals surface area contributed by atoms with Gasteiger partial charge in [0.1, 0.15) is 11.5 Å². The molecule has 0 unspecified atom stereocenters. The average molecular weight is 379 g/mol. The minimum absolute atomic E-state index is 0.591. The molecular formula is C20H28ClN2OP. The van der Waals surface area contributed by atoms with E-state index >= 15 is 0 Å². The maximum absolute atomic E-state index is 6.23. The first-order valence-corrected chi connectivity index (χ1v) is 10.6. The van der Waals surface area contributed by atoms with E-state index in [1.807, 2.05) is 30.3 Å².